The molecular formula is C10H14S. The van der Waals surface area contributed by atoms with Gasteiger partial charge in [0, 0.05) is 5.75 Å². The van der Waals surface area contributed by atoms with Crippen molar-refractivity contribution in [2.75, 3.05) is 5.75 Å². The van der Waals surface area contributed by atoms with Crippen LogP contribution in [0.5, 0.6) is 0 Å². The minimum atomic E-state index is 1.05. The molecule has 0 saturated heterocycles. The van der Waals surface area contributed by atoms with Crippen LogP contribution in [0.25, 0.3) is 0 Å². The maximum absolute atomic E-state index is 3.75. The predicted molar refractivity (Wildman–Crippen MR) is 53.7 cm³/mol. The lowest BCUT2D eigenvalue weighted by molar-refractivity contribution is 1.04. The Hall–Kier alpha value is -0.430. The zero-order chi connectivity index (χ0) is 8.10. The van der Waals surface area contributed by atoms with Crippen LogP contribution in [0.3, 0.4) is 0 Å². The first-order valence-electron chi connectivity index (χ1n) is 3.94. The topological polar surface area (TPSA) is 0 Å². The van der Waals surface area contributed by atoms with Gasteiger partial charge in [0.15, 0.2) is 0 Å². The van der Waals surface area contributed by atoms with Gasteiger partial charge in [-0.3, -0.25) is 0 Å². The Bertz CT molecular complexity index is 169. The lowest BCUT2D eigenvalue weighted by atomic mass is 10.1. The zero-order valence-corrected chi connectivity index (χ0v) is 7.62. The summed E-state index contributed by atoms with van der Waals surface area (Å²) >= 11 is 1.98. The molecule has 1 heteroatoms. The van der Waals surface area contributed by atoms with Crippen molar-refractivity contribution in [2.45, 2.75) is 19.3 Å². The van der Waals surface area contributed by atoms with E-state index in [1.54, 1.807) is 5.57 Å². The molecule has 0 bridgehead atoms. The first kappa shape index (κ1) is 8.66. The average molecular weight is 166 g/mol. The van der Waals surface area contributed by atoms with E-state index in [9.17, 15) is 0 Å². The molecule has 1 rings (SSSR count). The fourth-order valence-corrected chi connectivity index (χ4v) is 2.48. The van der Waals surface area contributed by atoms with Crippen LogP contribution in [0.1, 0.15) is 19.3 Å². The molecule has 11 heavy (non-hydrogen) atoms. The second kappa shape index (κ2) is 4.45. The van der Waals surface area contributed by atoms with Crippen molar-refractivity contribution < 1.29 is 0 Å². The van der Waals surface area contributed by atoms with E-state index in [2.05, 4.69) is 13.2 Å². The standard InChI is InChI=1S/C10H14S/c1-3-5-9-7-8-11-10(9)6-4-2/h3-4H,1-2,5-8H2. The van der Waals surface area contributed by atoms with Crippen LogP contribution in [0, 0.1) is 0 Å². The molecule has 0 aromatic carbocycles. The Kier molecular flexibility index (Phi) is 3.50. The molecule has 0 atom stereocenters. The Balaban J connectivity index is 2.60. The van der Waals surface area contributed by atoms with Crippen molar-refractivity contribution in [1.82, 2.24) is 0 Å². The first-order chi connectivity index (χ1) is 5.38. The zero-order valence-electron chi connectivity index (χ0n) is 6.81. The van der Waals surface area contributed by atoms with E-state index < -0.39 is 0 Å². The third kappa shape index (κ3) is 2.26. The molecule has 1 aliphatic heterocycles. The first-order valence-corrected chi connectivity index (χ1v) is 4.92. The number of hydrogen-bond donors (Lipinski definition) is 0. The molecule has 60 valence electrons. The molecule has 0 saturated carbocycles. The summed E-state index contributed by atoms with van der Waals surface area (Å²) in [5.74, 6) is 1.26. The monoisotopic (exact) mass is 166 g/mol. The van der Waals surface area contributed by atoms with E-state index in [1.807, 2.05) is 23.9 Å². The SMILES string of the molecule is C=CCC1=C(CC=C)SCC1. The van der Waals surface area contributed by atoms with Crippen molar-refractivity contribution in [1.29, 1.82) is 0 Å². The van der Waals surface area contributed by atoms with Crippen molar-refractivity contribution in [3.8, 4) is 0 Å². The van der Waals surface area contributed by atoms with E-state index in [4.69, 9.17) is 0 Å². The van der Waals surface area contributed by atoms with Crippen molar-refractivity contribution >= 4 is 11.8 Å². The fourth-order valence-electron chi connectivity index (χ4n) is 1.26. The van der Waals surface area contributed by atoms with Crippen LogP contribution >= 0.6 is 11.8 Å². The molecule has 0 fully saturated rings. The largest absolute Gasteiger partial charge is 0.130 e. The smallest absolute Gasteiger partial charge is 0.00147 e. The number of allylic oxidation sites excluding steroid dienone is 4. The van der Waals surface area contributed by atoms with Crippen LogP contribution in [0.2, 0.25) is 0 Å². The average Bonchev–Trinajstić information content (AvgIpc) is 2.39. The van der Waals surface area contributed by atoms with E-state index in [1.165, 1.54) is 17.1 Å². The summed E-state index contributed by atoms with van der Waals surface area (Å²) in [6.45, 7) is 7.49. The summed E-state index contributed by atoms with van der Waals surface area (Å²) in [4.78, 5) is 1.53. The molecule has 0 aromatic heterocycles. The molecule has 0 radical (unpaired) electrons. The van der Waals surface area contributed by atoms with Gasteiger partial charge in [-0.2, -0.15) is 0 Å². The minimum absolute atomic E-state index is 1.05. The van der Waals surface area contributed by atoms with Crippen molar-refractivity contribution in [3.05, 3.63) is 35.8 Å². The summed E-state index contributed by atoms with van der Waals surface area (Å²) in [5.41, 5.74) is 1.57. The molecule has 0 N–H and O–H groups in total. The van der Waals surface area contributed by atoms with Crippen LogP contribution in [0.15, 0.2) is 35.8 Å². The molecule has 1 aliphatic rings. The Labute approximate surface area is 73.1 Å². The second-order valence-electron chi connectivity index (χ2n) is 2.61. The van der Waals surface area contributed by atoms with Crippen LogP contribution in [-0.2, 0) is 0 Å². The summed E-state index contributed by atoms with van der Waals surface area (Å²) < 4.78 is 0. The summed E-state index contributed by atoms with van der Waals surface area (Å²) in [6.07, 6.45) is 7.34. The minimum Gasteiger partial charge on any atom is -0.130 e. The Morgan fingerprint density at radius 3 is 2.64 bits per heavy atom. The maximum atomic E-state index is 3.75. The van der Waals surface area contributed by atoms with Gasteiger partial charge in [-0.15, -0.1) is 24.9 Å². The molecule has 0 aliphatic carbocycles. The van der Waals surface area contributed by atoms with Gasteiger partial charge in [-0.25, -0.2) is 0 Å². The van der Waals surface area contributed by atoms with Gasteiger partial charge in [0.2, 0.25) is 0 Å². The van der Waals surface area contributed by atoms with Crippen molar-refractivity contribution in [3.63, 3.8) is 0 Å². The predicted octanol–water partition coefficient (Wildman–Crippen LogP) is 3.53. The molecule has 1 heterocycles. The molecule has 0 amide bonds. The van der Waals surface area contributed by atoms with E-state index in [0.717, 1.165) is 12.8 Å². The normalized spacial score (nSPS) is 17.1. The van der Waals surface area contributed by atoms with E-state index in [0.29, 0.717) is 0 Å². The molecule has 0 spiro atoms. The number of thioether (sulfide) groups is 1. The van der Waals surface area contributed by atoms with Gasteiger partial charge >= 0.3 is 0 Å². The molecule has 0 nitrogen and oxygen atoms in total. The van der Waals surface area contributed by atoms with Gasteiger partial charge in [0.1, 0.15) is 0 Å². The van der Waals surface area contributed by atoms with Crippen LogP contribution in [0.4, 0.5) is 0 Å². The molecule has 0 aromatic rings. The highest BCUT2D eigenvalue weighted by Gasteiger charge is 2.11. The molecule has 0 unspecified atom stereocenters. The number of rotatable bonds is 4. The third-order valence-electron chi connectivity index (χ3n) is 1.79. The summed E-state index contributed by atoms with van der Waals surface area (Å²) in [5, 5.41) is 0. The van der Waals surface area contributed by atoms with Gasteiger partial charge < -0.3 is 0 Å². The van der Waals surface area contributed by atoms with Gasteiger partial charge in [0.05, 0.1) is 0 Å². The Morgan fingerprint density at radius 1 is 1.27 bits per heavy atom. The lowest BCUT2D eigenvalue weighted by Crippen LogP contribution is -1.79. The van der Waals surface area contributed by atoms with E-state index in [-0.39, 0.29) is 0 Å². The van der Waals surface area contributed by atoms with E-state index >= 15 is 0 Å². The molecular weight excluding hydrogens is 152 g/mol. The highest BCUT2D eigenvalue weighted by Crippen LogP contribution is 2.35. The van der Waals surface area contributed by atoms with Crippen molar-refractivity contribution in [2.24, 2.45) is 0 Å². The van der Waals surface area contributed by atoms with Crippen LogP contribution < -0.4 is 0 Å². The summed E-state index contributed by atoms with van der Waals surface area (Å²) in [6, 6.07) is 0. The van der Waals surface area contributed by atoms with Gasteiger partial charge in [-0.1, -0.05) is 17.7 Å². The maximum Gasteiger partial charge on any atom is 0.00147 e. The third-order valence-corrected chi connectivity index (χ3v) is 3.01. The summed E-state index contributed by atoms with van der Waals surface area (Å²) in [7, 11) is 0. The highest BCUT2D eigenvalue weighted by molar-refractivity contribution is 8.03. The van der Waals surface area contributed by atoms with Gasteiger partial charge in [-0.05, 0) is 24.2 Å². The second-order valence-corrected chi connectivity index (χ2v) is 3.80. The Morgan fingerprint density at radius 2 is 2.00 bits per heavy atom. The fraction of sp³-hybridized carbons (Fsp3) is 0.400. The lowest BCUT2D eigenvalue weighted by Gasteiger charge is -1.99. The van der Waals surface area contributed by atoms with Crippen LogP contribution in [-0.4, -0.2) is 5.75 Å². The highest BCUT2D eigenvalue weighted by atomic mass is 32.2. The quantitative estimate of drug-likeness (QED) is 0.576. The number of hydrogen-bond acceptors (Lipinski definition) is 1. The van der Waals surface area contributed by atoms with Gasteiger partial charge in [0.25, 0.3) is 0 Å².